The predicted molar refractivity (Wildman–Crippen MR) is 90.8 cm³/mol. The summed E-state index contributed by atoms with van der Waals surface area (Å²) in [6, 6.07) is 12.4. The fourth-order valence-corrected chi connectivity index (χ4v) is 2.51. The number of carbonyl (C=O) groups is 2. The van der Waals surface area contributed by atoms with Crippen LogP contribution in [0.3, 0.4) is 0 Å². The smallest absolute Gasteiger partial charge is 0.337 e. The molecule has 0 saturated heterocycles. The van der Waals surface area contributed by atoms with Gasteiger partial charge < -0.3 is 20.1 Å². The number of ether oxygens (including phenoxy) is 1. The Morgan fingerprint density at radius 3 is 1.96 bits per heavy atom. The number of hydrogen-bond acceptors (Lipinski definition) is 4. The molecule has 1 atom stereocenters. The van der Waals surface area contributed by atoms with Crippen molar-refractivity contribution in [2.75, 3.05) is 0 Å². The number of benzene rings is 2. The molecule has 0 fully saturated rings. The lowest BCUT2D eigenvalue weighted by Gasteiger charge is -2.41. The first kappa shape index (κ1) is 18.5. The van der Waals surface area contributed by atoms with Gasteiger partial charge in [-0.05, 0) is 18.2 Å². The quantitative estimate of drug-likeness (QED) is 0.719. The number of aromatic carboxylic acids is 2. The van der Waals surface area contributed by atoms with Crippen LogP contribution in [0, 0.1) is 5.41 Å². The molecule has 2 rings (SSSR count). The molecular weight excluding hydrogens is 324 g/mol. The lowest BCUT2D eigenvalue weighted by atomic mass is 9.78. The van der Waals surface area contributed by atoms with Crippen LogP contribution in [-0.2, 0) is 5.79 Å². The molecule has 6 nitrogen and oxygen atoms in total. The van der Waals surface area contributed by atoms with Crippen LogP contribution in [0.1, 0.15) is 47.1 Å². The van der Waals surface area contributed by atoms with Crippen LogP contribution in [0.2, 0.25) is 0 Å². The van der Waals surface area contributed by atoms with Crippen LogP contribution in [-0.4, -0.2) is 27.3 Å². The predicted octanol–water partition coefficient (Wildman–Crippen LogP) is 3.35. The molecule has 2 aromatic rings. The van der Waals surface area contributed by atoms with Crippen molar-refractivity contribution in [2.24, 2.45) is 5.41 Å². The van der Waals surface area contributed by atoms with Crippen LogP contribution in [0.25, 0.3) is 0 Å². The number of carboxylic acids is 2. The number of rotatable bonds is 5. The van der Waals surface area contributed by atoms with Crippen LogP contribution >= 0.6 is 0 Å². The van der Waals surface area contributed by atoms with Crippen molar-refractivity contribution in [3.63, 3.8) is 0 Å². The van der Waals surface area contributed by atoms with E-state index in [0.717, 1.165) is 0 Å². The van der Waals surface area contributed by atoms with Crippen molar-refractivity contribution in [3.05, 3.63) is 65.2 Å². The van der Waals surface area contributed by atoms with E-state index in [9.17, 15) is 24.9 Å². The summed E-state index contributed by atoms with van der Waals surface area (Å²) in [4.78, 5) is 23.2. The van der Waals surface area contributed by atoms with Gasteiger partial charge in [-0.25, -0.2) is 9.59 Å². The first-order chi connectivity index (χ1) is 11.6. The number of para-hydroxylation sites is 1. The average molecular weight is 344 g/mol. The molecule has 0 bridgehead atoms. The standard InChI is InChI=1S/C19H20O6/c1-18(2,3)19(24,25-12-8-5-4-6-9-12)14-11-7-10-13(16(20)21)15(14)17(22)23/h4-11,24H,1-3H3,(H,20,21)(H,22,23). The largest absolute Gasteiger partial charge is 0.478 e. The molecule has 0 aliphatic heterocycles. The van der Waals surface area contributed by atoms with Gasteiger partial charge in [-0.15, -0.1) is 0 Å². The fourth-order valence-electron chi connectivity index (χ4n) is 2.51. The second-order valence-electron chi connectivity index (χ2n) is 6.65. The molecule has 6 heteroatoms. The van der Waals surface area contributed by atoms with Gasteiger partial charge in [0.1, 0.15) is 5.75 Å². The summed E-state index contributed by atoms with van der Waals surface area (Å²) in [5, 5.41) is 30.2. The zero-order valence-electron chi connectivity index (χ0n) is 14.2. The van der Waals surface area contributed by atoms with E-state index in [2.05, 4.69) is 0 Å². The van der Waals surface area contributed by atoms with Gasteiger partial charge in [-0.3, -0.25) is 0 Å². The molecular formula is C19H20O6. The van der Waals surface area contributed by atoms with E-state index in [1.165, 1.54) is 18.2 Å². The van der Waals surface area contributed by atoms with Crippen molar-refractivity contribution in [1.29, 1.82) is 0 Å². The summed E-state index contributed by atoms with van der Waals surface area (Å²) < 4.78 is 5.78. The maximum absolute atomic E-state index is 11.7. The van der Waals surface area contributed by atoms with Gasteiger partial charge in [0.2, 0.25) is 5.79 Å². The zero-order chi connectivity index (χ0) is 18.8. The molecule has 0 heterocycles. The van der Waals surface area contributed by atoms with E-state index in [0.29, 0.717) is 5.75 Å². The average Bonchev–Trinajstić information content (AvgIpc) is 2.53. The summed E-state index contributed by atoms with van der Waals surface area (Å²) in [7, 11) is 0. The summed E-state index contributed by atoms with van der Waals surface area (Å²) in [5.41, 5.74) is -1.98. The van der Waals surface area contributed by atoms with E-state index in [1.54, 1.807) is 51.1 Å². The van der Waals surface area contributed by atoms with Crippen LogP contribution < -0.4 is 4.74 Å². The molecule has 25 heavy (non-hydrogen) atoms. The van der Waals surface area contributed by atoms with E-state index in [-0.39, 0.29) is 5.56 Å². The normalized spacial score (nSPS) is 13.8. The molecule has 132 valence electrons. The van der Waals surface area contributed by atoms with Gasteiger partial charge in [0.25, 0.3) is 0 Å². The topological polar surface area (TPSA) is 104 Å². The zero-order valence-corrected chi connectivity index (χ0v) is 14.2. The minimum Gasteiger partial charge on any atom is -0.478 e. The van der Waals surface area contributed by atoms with Crippen molar-refractivity contribution in [1.82, 2.24) is 0 Å². The highest BCUT2D eigenvalue weighted by Crippen LogP contribution is 2.43. The second-order valence-corrected chi connectivity index (χ2v) is 6.65. The van der Waals surface area contributed by atoms with Crippen LogP contribution in [0.4, 0.5) is 0 Å². The van der Waals surface area contributed by atoms with Crippen molar-refractivity contribution >= 4 is 11.9 Å². The van der Waals surface area contributed by atoms with Gasteiger partial charge in [-0.2, -0.15) is 0 Å². The van der Waals surface area contributed by atoms with Gasteiger partial charge >= 0.3 is 11.9 Å². The third kappa shape index (κ3) is 3.49. The van der Waals surface area contributed by atoms with E-state index >= 15 is 0 Å². The Bertz CT molecular complexity index is 791. The maximum atomic E-state index is 11.7. The highest BCUT2D eigenvalue weighted by atomic mass is 16.6. The third-order valence-electron chi connectivity index (χ3n) is 3.90. The number of carboxylic acid groups (broad SMARTS) is 2. The Kier molecular flexibility index (Phi) is 4.85. The first-order valence-corrected chi connectivity index (χ1v) is 7.64. The number of aliphatic hydroxyl groups is 1. The van der Waals surface area contributed by atoms with Gasteiger partial charge in [-0.1, -0.05) is 51.1 Å². The molecule has 0 amide bonds. The maximum Gasteiger partial charge on any atom is 0.337 e. The molecule has 0 saturated carbocycles. The second kappa shape index (κ2) is 6.57. The Morgan fingerprint density at radius 2 is 1.48 bits per heavy atom. The lowest BCUT2D eigenvalue weighted by Crippen LogP contribution is -2.46. The van der Waals surface area contributed by atoms with Gasteiger partial charge in [0, 0.05) is 11.0 Å². The molecule has 0 aliphatic carbocycles. The molecule has 0 aliphatic rings. The molecule has 2 aromatic carbocycles. The van der Waals surface area contributed by atoms with E-state index in [1.807, 2.05) is 0 Å². The van der Waals surface area contributed by atoms with Crippen molar-refractivity contribution in [3.8, 4) is 5.75 Å². The Balaban J connectivity index is 2.74. The van der Waals surface area contributed by atoms with Crippen LogP contribution in [0.5, 0.6) is 5.75 Å². The summed E-state index contributed by atoms with van der Waals surface area (Å²) in [6.07, 6.45) is 0. The van der Waals surface area contributed by atoms with Crippen molar-refractivity contribution < 1.29 is 29.6 Å². The van der Waals surface area contributed by atoms with E-state index < -0.39 is 34.3 Å². The SMILES string of the molecule is CC(C)(C)C(O)(Oc1ccccc1)c1cccc(C(=O)O)c1C(=O)O. The fraction of sp³-hybridized carbons (Fsp3) is 0.263. The highest BCUT2D eigenvalue weighted by molar-refractivity contribution is 6.03. The summed E-state index contributed by atoms with van der Waals surface area (Å²) in [5.74, 6) is -4.58. The first-order valence-electron chi connectivity index (χ1n) is 7.64. The van der Waals surface area contributed by atoms with Crippen molar-refractivity contribution in [2.45, 2.75) is 26.6 Å². The number of hydrogen-bond donors (Lipinski definition) is 3. The summed E-state index contributed by atoms with van der Waals surface area (Å²) in [6.45, 7) is 5.03. The third-order valence-corrected chi connectivity index (χ3v) is 3.90. The Morgan fingerprint density at radius 1 is 0.880 bits per heavy atom. The minimum absolute atomic E-state index is 0.115. The Labute approximate surface area is 145 Å². The minimum atomic E-state index is -2.06. The molecule has 0 radical (unpaired) electrons. The Hall–Kier alpha value is -2.86. The summed E-state index contributed by atoms with van der Waals surface area (Å²) >= 11 is 0. The van der Waals surface area contributed by atoms with E-state index in [4.69, 9.17) is 4.74 Å². The monoisotopic (exact) mass is 344 g/mol. The van der Waals surface area contributed by atoms with Crippen LogP contribution in [0.15, 0.2) is 48.5 Å². The highest BCUT2D eigenvalue weighted by Gasteiger charge is 2.47. The lowest BCUT2D eigenvalue weighted by molar-refractivity contribution is -0.217. The van der Waals surface area contributed by atoms with Gasteiger partial charge in [0.05, 0.1) is 11.1 Å². The van der Waals surface area contributed by atoms with Gasteiger partial charge in [0.15, 0.2) is 0 Å². The molecule has 3 N–H and O–H groups in total. The molecule has 1 unspecified atom stereocenters. The molecule has 0 aromatic heterocycles. The molecule has 0 spiro atoms.